The lowest BCUT2D eigenvalue weighted by molar-refractivity contribution is 0.0727. The van der Waals surface area contributed by atoms with E-state index < -0.39 is 0 Å². The predicted octanol–water partition coefficient (Wildman–Crippen LogP) is 3.51. The smallest absolute Gasteiger partial charge is 0.276 e. The number of hydrogen-bond acceptors (Lipinski definition) is 6. The molecule has 1 aromatic carbocycles. The number of hydrogen-bond donors (Lipinski definition) is 0. The molecule has 2 heterocycles. The van der Waals surface area contributed by atoms with Gasteiger partial charge in [-0.15, -0.1) is 10.2 Å². The van der Waals surface area contributed by atoms with Gasteiger partial charge in [0.05, 0.1) is 6.54 Å². The van der Waals surface area contributed by atoms with Crippen molar-refractivity contribution in [2.75, 3.05) is 6.54 Å². The van der Waals surface area contributed by atoms with Crippen LogP contribution in [0.2, 0.25) is 0 Å². The molecule has 0 aliphatic heterocycles. The molecule has 2 aromatic heterocycles. The Bertz CT molecular complexity index is 932. The first kappa shape index (κ1) is 17.5. The summed E-state index contributed by atoms with van der Waals surface area (Å²) < 4.78 is 11.2. The zero-order valence-corrected chi connectivity index (χ0v) is 15.5. The summed E-state index contributed by atoms with van der Waals surface area (Å²) in [5.41, 5.74) is 2.22. The van der Waals surface area contributed by atoms with Crippen molar-refractivity contribution in [2.24, 2.45) is 5.92 Å². The Kier molecular flexibility index (Phi) is 4.75. The quantitative estimate of drug-likeness (QED) is 0.687. The lowest BCUT2D eigenvalue weighted by Crippen LogP contribution is -2.31. The highest BCUT2D eigenvalue weighted by Crippen LogP contribution is 2.28. The van der Waals surface area contributed by atoms with Gasteiger partial charge in [0.1, 0.15) is 5.76 Å². The zero-order valence-electron chi connectivity index (χ0n) is 15.5. The lowest BCUT2D eigenvalue weighted by Gasteiger charge is -2.20. The summed E-state index contributed by atoms with van der Waals surface area (Å²) >= 11 is 0. The minimum absolute atomic E-state index is 0.156. The number of carbonyl (C=O) groups is 1. The van der Waals surface area contributed by atoms with Crippen molar-refractivity contribution in [3.8, 4) is 11.5 Å². The molecule has 1 aliphatic carbocycles. The largest absolute Gasteiger partial charge is 0.419 e. The van der Waals surface area contributed by atoms with Gasteiger partial charge < -0.3 is 13.8 Å². The maximum absolute atomic E-state index is 13.0. The van der Waals surface area contributed by atoms with Crippen molar-refractivity contribution in [1.82, 2.24) is 20.3 Å². The average Bonchev–Trinajstić information content (AvgIpc) is 3.33. The highest BCUT2D eigenvalue weighted by Gasteiger charge is 2.29. The van der Waals surface area contributed by atoms with Crippen LogP contribution in [-0.4, -0.2) is 32.7 Å². The van der Waals surface area contributed by atoms with Crippen molar-refractivity contribution in [1.29, 1.82) is 0 Å². The third-order valence-corrected chi connectivity index (χ3v) is 4.97. The fraction of sp³-hybridized carbons (Fsp3) is 0.400. The Morgan fingerprint density at radius 2 is 2.07 bits per heavy atom. The molecule has 0 spiro atoms. The maximum atomic E-state index is 13.0. The third-order valence-electron chi connectivity index (χ3n) is 4.97. The monoisotopic (exact) mass is 366 g/mol. The summed E-state index contributed by atoms with van der Waals surface area (Å²) in [4.78, 5) is 14.7. The maximum Gasteiger partial charge on any atom is 0.276 e. The van der Waals surface area contributed by atoms with E-state index in [9.17, 15) is 4.79 Å². The Hall–Kier alpha value is -2.96. The summed E-state index contributed by atoms with van der Waals surface area (Å²) in [6.45, 7) is 4.86. The minimum atomic E-state index is -0.156. The number of aryl methyl sites for hydroxylation is 1. The summed E-state index contributed by atoms with van der Waals surface area (Å²) in [6, 6.07) is 9.56. The molecule has 7 heteroatoms. The molecule has 0 unspecified atom stereocenters. The topological polar surface area (TPSA) is 85.3 Å². The Morgan fingerprint density at radius 1 is 1.26 bits per heavy atom. The molecule has 3 aromatic rings. The van der Waals surface area contributed by atoms with Gasteiger partial charge in [0.15, 0.2) is 5.69 Å². The minimum Gasteiger partial charge on any atom is -0.419 e. The Morgan fingerprint density at radius 3 is 2.85 bits per heavy atom. The van der Waals surface area contributed by atoms with Crippen LogP contribution in [0, 0.1) is 5.92 Å². The highest BCUT2D eigenvalue weighted by atomic mass is 16.5. The van der Waals surface area contributed by atoms with Crippen LogP contribution in [0.4, 0.5) is 0 Å². The fourth-order valence-corrected chi connectivity index (χ4v) is 3.40. The summed E-state index contributed by atoms with van der Waals surface area (Å²) in [5.74, 6) is 2.06. The number of benzene rings is 1. The first-order valence-electron chi connectivity index (χ1n) is 9.30. The van der Waals surface area contributed by atoms with Crippen LogP contribution in [0.1, 0.15) is 48.0 Å². The SMILES string of the molecule is CCN(Cc1nnc(-c2ccccc2)o1)C(=O)c1noc2c1C[C@H](C)CC2. The summed E-state index contributed by atoms with van der Waals surface area (Å²) in [5, 5.41) is 12.2. The number of carbonyl (C=O) groups excluding carboxylic acids is 1. The number of aromatic nitrogens is 3. The van der Waals surface area contributed by atoms with Crippen LogP contribution in [0.15, 0.2) is 39.3 Å². The van der Waals surface area contributed by atoms with Crippen molar-refractivity contribution in [3.05, 3.63) is 53.2 Å². The molecule has 1 aliphatic rings. The zero-order chi connectivity index (χ0) is 18.8. The van der Waals surface area contributed by atoms with Gasteiger partial charge in [0.2, 0.25) is 11.8 Å². The van der Waals surface area contributed by atoms with E-state index in [1.807, 2.05) is 37.3 Å². The van der Waals surface area contributed by atoms with Gasteiger partial charge in [-0.1, -0.05) is 30.3 Å². The van der Waals surface area contributed by atoms with Gasteiger partial charge in [-0.05, 0) is 37.8 Å². The first-order valence-corrected chi connectivity index (χ1v) is 9.30. The highest BCUT2D eigenvalue weighted by molar-refractivity contribution is 5.93. The summed E-state index contributed by atoms with van der Waals surface area (Å²) in [6.07, 6.45) is 2.74. The molecule has 7 nitrogen and oxygen atoms in total. The molecule has 0 fully saturated rings. The predicted molar refractivity (Wildman–Crippen MR) is 97.8 cm³/mol. The number of amides is 1. The molecule has 1 atom stereocenters. The van der Waals surface area contributed by atoms with Crippen molar-refractivity contribution in [2.45, 2.75) is 39.7 Å². The number of fused-ring (bicyclic) bond motifs is 1. The number of nitrogens with zero attached hydrogens (tertiary/aromatic N) is 4. The van der Waals surface area contributed by atoms with Crippen LogP contribution in [0.5, 0.6) is 0 Å². The van der Waals surface area contributed by atoms with Crippen LogP contribution in [0.3, 0.4) is 0 Å². The Labute approximate surface area is 157 Å². The second-order valence-electron chi connectivity index (χ2n) is 6.97. The van der Waals surface area contributed by atoms with Gasteiger partial charge >= 0.3 is 0 Å². The van der Waals surface area contributed by atoms with Crippen molar-refractivity contribution < 1.29 is 13.7 Å². The molecule has 0 saturated carbocycles. The van der Waals surface area contributed by atoms with Crippen LogP contribution in [-0.2, 0) is 19.4 Å². The average molecular weight is 366 g/mol. The molecule has 4 rings (SSSR count). The van der Waals surface area contributed by atoms with Crippen LogP contribution in [0.25, 0.3) is 11.5 Å². The molecule has 0 radical (unpaired) electrons. The number of rotatable bonds is 5. The molecule has 27 heavy (non-hydrogen) atoms. The van der Waals surface area contributed by atoms with Crippen molar-refractivity contribution in [3.63, 3.8) is 0 Å². The van der Waals surface area contributed by atoms with E-state index in [0.29, 0.717) is 29.9 Å². The van der Waals surface area contributed by atoms with E-state index in [4.69, 9.17) is 8.94 Å². The fourth-order valence-electron chi connectivity index (χ4n) is 3.40. The van der Waals surface area contributed by atoms with E-state index in [1.54, 1.807) is 4.90 Å². The summed E-state index contributed by atoms with van der Waals surface area (Å²) in [7, 11) is 0. The van der Waals surface area contributed by atoms with Gasteiger partial charge in [-0.3, -0.25) is 4.79 Å². The van der Waals surface area contributed by atoms with E-state index in [2.05, 4.69) is 22.3 Å². The molecule has 140 valence electrons. The molecule has 0 bridgehead atoms. The standard InChI is InChI=1S/C20H22N4O3/c1-3-24(12-17-21-22-19(26-17)14-7-5-4-6-8-14)20(25)18-15-11-13(2)9-10-16(15)27-23-18/h4-8,13H,3,9-12H2,1-2H3/t13-/m1/s1. The van der Waals surface area contributed by atoms with E-state index in [1.165, 1.54) is 0 Å². The van der Waals surface area contributed by atoms with Gasteiger partial charge in [-0.2, -0.15) is 0 Å². The van der Waals surface area contributed by atoms with Crippen LogP contribution < -0.4 is 0 Å². The van der Waals surface area contributed by atoms with E-state index in [0.717, 1.165) is 36.1 Å². The molecule has 0 N–H and O–H groups in total. The van der Waals surface area contributed by atoms with Gasteiger partial charge in [0.25, 0.3) is 5.91 Å². The normalized spacial score (nSPS) is 16.1. The van der Waals surface area contributed by atoms with Gasteiger partial charge in [0, 0.05) is 24.1 Å². The van der Waals surface area contributed by atoms with Crippen LogP contribution >= 0.6 is 0 Å². The molecule has 1 amide bonds. The first-order chi connectivity index (χ1) is 13.2. The third kappa shape index (κ3) is 3.49. The molecule has 0 saturated heterocycles. The van der Waals surface area contributed by atoms with E-state index in [-0.39, 0.29) is 12.5 Å². The van der Waals surface area contributed by atoms with Gasteiger partial charge in [-0.25, -0.2) is 0 Å². The molecular formula is C20H22N4O3. The van der Waals surface area contributed by atoms with E-state index >= 15 is 0 Å². The lowest BCUT2D eigenvalue weighted by atomic mass is 9.88. The molecular weight excluding hydrogens is 344 g/mol. The second-order valence-corrected chi connectivity index (χ2v) is 6.97. The van der Waals surface area contributed by atoms with Crippen molar-refractivity contribution >= 4 is 5.91 Å². The Balaban J connectivity index is 1.52. The second kappa shape index (κ2) is 7.34.